The van der Waals surface area contributed by atoms with Crippen LogP contribution in [0.3, 0.4) is 0 Å². The lowest BCUT2D eigenvalue weighted by Gasteiger charge is -2.13. The van der Waals surface area contributed by atoms with Gasteiger partial charge in [0.05, 0.1) is 6.10 Å². The third kappa shape index (κ3) is 5.02. The Labute approximate surface area is 136 Å². The molecule has 0 radical (unpaired) electrons. The normalized spacial score (nSPS) is 12.7. The number of benzene rings is 1. The third-order valence-corrected chi connectivity index (χ3v) is 3.38. The Morgan fingerprint density at radius 3 is 2.50 bits per heavy atom. The van der Waals surface area contributed by atoms with E-state index < -0.39 is 24.1 Å². The number of rotatable bonds is 6. The molecule has 8 heteroatoms. The zero-order chi connectivity index (χ0) is 17.7. The number of nitrogens with one attached hydrogen (secondary N) is 1. The summed E-state index contributed by atoms with van der Waals surface area (Å²) in [6.45, 7) is 0.228. The number of nitrogens with zero attached hydrogens (tertiary/aromatic N) is 1. The van der Waals surface area contributed by atoms with Crippen LogP contribution in [-0.4, -0.2) is 28.5 Å². The summed E-state index contributed by atoms with van der Waals surface area (Å²) in [6.07, 6.45) is -3.36. The van der Waals surface area contributed by atoms with Crippen LogP contribution in [0.2, 0.25) is 0 Å². The van der Waals surface area contributed by atoms with Gasteiger partial charge < -0.3 is 19.7 Å². The Bertz CT molecular complexity index is 681. The second kappa shape index (κ2) is 7.39. The average Bonchev–Trinajstić information content (AvgIpc) is 2.92. The lowest BCUT2D eigenvalue weighted by Crippen LogP contribution is -2.26. The van der Waals surface area contributed by atoms with E-state index in [1.54, 1.807) is 10.6 Å². The molecule has 130 valence electrons. The van der Waals surface area contributed by atoms with Gasteiger partial charge in [0.15, 0.2) is 0 Å². The van der Waals surface area contributed by atoms with Gasteiger partial charge in [-0.2, -0.15) is 0 Å². The number of ether oxygens (including phenoxy) is 1. The molecule has 1 heterocycles. The largest absolute Gasteiger partial charge is 0.573 e. The second-order valence-electron chi connectivity index (χ2n) is 5.18. The summed E-state index contributed by atoms with van der Waals surface area (Å²) >= 11 is 0. The van der Waals surface area contributed by atoms with E-state index in [1.165, 1.54) is 12.1 Å². The molecular weight excluding hydrogens is 325 g/mol. The van der Waals surface area contributed by atoms with Crippen LogP contribution in [0.25, 0.3) is 0 Å². The monoisotopic (exact) mass is 342 g/mol. The first-order valence-corrected chi connectivity index (χ1v) is 7.19. The zero-order valence-corrected chi connectivity index (χ0v) is 12.9. The average molecular weight is 342 g/mol. The van der Waals surface area contributed by atoms with E-state index in [2.05, 4.69) is 10.1 Å². The Morgan fingerprint density at radius 1 is 1.29 bits per heavy atom. The summed E-state index contributed by atoms with van der Waals surface area (Å²) in [5, 5.41) is 12.6. The fourth-order valence-electron chi connectivity index (χ4n) is 2.20. The molecule has 0 aliphatic rings. The van der Waals surface area contributed by atoms with E-state index in [0.717, 1.165) is 17.8 Å². The van der Waals surface area contributed by atoms with Crippen molar-refractivity contribution in [2.24, 2.45) is 7.05 Å². The number of carbonyl (C=O) groups excluding carboxylic acids is 1. The van der Waals surface area contributed by atoms with Gasteiger partial charge >= 0.3 is 6.36 Å². The lowest BCUT2D eigenvalue weighted by atomic mass is 10.1. The molecule has 0 bridgehead atoms. The Hall–Kier alpha value is -2.48. The Kier molecular flexibility index (Phi) is 5.50. The van der Waals surface area contributed by atoms with Gasteiger partial charge in [0.1, 0.15) is 5.75 Å². The number of alkyl halides is 3. The molecular formula is C16H17F3N2O3. The van der Waals surface area contributed by atoms with Crippen molar-refractivity contribution in [3.8, 4) is 5.75 Å². The molecule has 0 unspecified atom stereocenters. The first-order chi connectivity index (χ1) is 11.3. The van der Waals surface area contributed by atoms with E-state index in [0.29, 0.717) is 6.42 Å². The third-order valence-electron chi connectivity index (χ3n) is 3.38. The molecule has 0 fully saturated rings. The highest BCUT2D eigenvalue weighted by molar-refractivity contribution is 5.94. The molecule has 2 rings (SSSR count). The molecule has 0 aliphatic heterocycles. The summed E-state index contributed by atoms with van der Waals surface area (Å²) in [5.74, 6) is -0.828. The van der Waals surface area contributed by atoms with Crippen LogP contribution < -0.4 is 10.1 Å². The smallest absolute Gasteiger partial charge is 0.406 e. The zero-order valence-electron chi connectivity index (χ0n) is 12.9. The van der Waals surface area contributed by atoms with Crippen molar-refractivity contribution < 1.29 is 27.8 Å². The number of hydrogen-bond acceptors (Lipinski definition) is 3. The van der Waals surface area contributed by atoms with Crippen LogP contribution in [-0.2, 0) is 7.05 Å². The number of aliphatic hydroxyl groups excluding tert-OH is 1. The van der Waals surface area contributed by atoms with Gasteiger partial charge in [-0.3, -0.25) is 4.79 Å². The summed E-state index contributed by atoms with van der Waals surface area (Å²) in [5.41, 5.74) is 0.941. The minimum absolute atomic E-state index is 0.206. The van der Waals surface area contributed by atoms with E-state index in [9.17, 15) is 23.1 Å². The molecule has 1 atom stereocenters. The number of aryl methyl sites for hydroxylation is 1. The van der Waals surface area contributed by atoms with Crippen LogP contribution in [0.15, 0.2) is 42.6 Å². The first-order valence-electron chi connectivity index (χ1n) is 7.19. The minimum Gasteiger partial charge on any atom is -0.406 e. The van der Waals surface area contributed by atoms with E-state index in [1.807, 2.05) is 19.3 Å². The quantitative estimate of drug-likeness (QED) is 0.848. The maximum atomic E-state index is 12.1. The van der Waals surface area contributed by atoms with Gasteiger partial charge in [-0.05, 0) is 42.8 Å². The van der Waals surface area contributed by atoms with Crippen molar-refractivity contribution in [2.45, 2.75) is 18.9 Å². The number of aliphatic hydroxyl groups is 1. The first kappa shape index (κ1) is 17.9. The summed E-state index contributed by atoms with van der Waals surface area (Å²) in [6, 6.07) is 8.21. The molecule has 24 heavy (non-hydrogen) atoms. The van der Waals surface area contributed by atoms with Crippen LogP contribution in [0, 0.1) is 0 Å². The van der Waals surface area contributed by atoms with Crippen LogP contribution in [0.4, 0.5) is 13.2 Å². The van der Waals surface area contributed by atoms with Gasteiger partial charge in [-0.15, -0.1) is 13.2 Å². The van der Waals surface area contributed by atoms with Crippen molar-refractivity contribution in [1.82, 2.24) is 9.88 Å². The maximum absolute atomic E-state index is 12.1. The Balaban J connectivity index is 1.83. The number of halogens is 3. The predicted molar refractivity (Wildman–Crippen MR) is 80.4 cm³/mol. The molecule has 0 saturated carbocycles. The molecule has 5 nitrogen and oxygen atoms in total. The fraction of sp³-hybridized carbons (Fsp3) is 0.312. The van der Waals surface area contributed by atoms with Gasteiger partial charge in [-0.25, -0.2) is 0 Å². The standard InChI is InChI=1S/C16H17F3N2O3/c1-21-10-2-3-13(21)14(22)8-9-20-15(23)11-4-6-12(7-5-11)24-16(17,18)19/h2-7,10,14,22H,8-9H2,1H3,(H,20,23)/t14-/m1/s1. The highest BCUT2D eigenvalue weighted by Gasteiger charge is 2.31. The number of aromatic nitrogens is 1. The molecule has 0 spiro atoms. The van der Waals surface area contributed by atoms with Gasteiger partial charge in [0, 0.05) is 31.0 Å². The van der Waals surface area contributed by atoms with Crippen LogP contribution >= 0.6 is 0 Å². The Morgan fingerprint density at radius 2 is 1.96 bits per heavy atom. The van der Waals surface area contributed by atoms with Crippen LogP contribution in [0.1, 0.15) is 28.6 Å². The summed E-state index contributed by atoms with van der Waals surface area (Å²) in [7, 11) is 1.81. The summed E-state index contributed by atoms with van der Waals surface area (Å²) in [4.78, 5) is 11.9. The van der Waals surface area contributed by atoms with Crippen LogP contribution in [0.5, 0.6) is 5.75 Å². The fourth-order valence-corrected chi connectivity index (χ4v) is 2.20. The van der Waals surface area contributed by atoms with Gasteiger partial charge in [0.2, 0.25) is 0 Å². The van der Waals surface area contributed by atoms with Crippen molar-refractivity contribution in [2.75, 3.05) is 6.54 Å². The highest BCUT2D eigenvalue weighted by Crippen LogP contribution is 2.22. The molecule has 2 N–H and O–H groups in total. The molecule has 2 aromatic rings. The molecule has 1 aromatic heterocycles. The molecule has 0 saturated heterocycles. The minimum atomic E-state index is -4.77. The van der Waals surface area contributed by atoms with Crippen molar-refractivity contribution >= 4 is 5.91 Å². The number of amides is 1. The van der Waals surface area contributed by atoms with Crippen molar-refractivity contribution in [1.29, 1.82) is 0 Å². The van der Waals surface area contributed by atoms with Crippen molar-refractivity contribution in [3.63, 3.8) is 0 Å². The van der Waals surface area contributed by atoms with E-state index in [-0.39, 0.29) is 12.1 Å². The second-order valence-corrected chi connectivity index (χ2v) is 5.18. The predicted octanol–water partition coefficient (Wildman–Crippen LogP) is 2.78. The topological polar surface area (TPSA) is 63.5 Å². The summed E-state index contributed by atoms with van der Waals surface area (Å²) < 4.78 is 41.7. The lowest BCUT2D eigenvalue weighted by molar-refractivity contribution is -0.274. The van der Waals surface area contributed by atoms with Crippen molar-refractivity contribution in [3.05, 3.63) is 53.9 Å². The van der Waals surface area contributed by atoms with E-state index in [4.69, 9.17) is 0 Å². The SMILES string of the molecule is Cn1cccc1[C@H](O)CCNC(=O)c1ccc(OC(F)(F)F)cc1. The maximum Gasteiger partial charge on any atom is 0.573 e. The van der Waals surface area contributed by atoms with Gasteiger partial charge in [-0.1, -0.05) is 0 Å². The number of carbonyl (C=O) groups is 1. The molecule has 1 amide bonds. The molecule has 0 aliphatic carbocycles. The molecule has 1 aromatic carbocycles. The van der Waals surface area contributed by atoms with Gasteiger partial charge in [0.25, 0.3) is 5.91 Å². The van der Waals surface area contributed by atoms with E-state index >= 15 is 0 Å². The highest BCUT2D eigenvalue weighted by atomic mass is 19.4. The number of hydrogen-bond donors (Lipinski definition) is 2.